The van der Waals surface area contributed by atoms with Crippen LogP contribution >= 0.6 is 11.8 Å². The van der Waals surface area contributed by atoms with E-state index in [0.29, 0.717) is 17.9 Å². The number of rotatable bonds is 3. The number of fused-ring (bicyclic) bond motifs is 2. The van der Waals surface area contributed by atoms with Crippen LogP contribution < -0.4 is 14.8 Å². The Kier molecular flexibility index (Phi) is 3.63. The van der Waals surface area contributed by atoms with E-state index in [9.17, 15) is 9.59 Å². The molecule has 6 nitrogen and oxygen atoms in total. The smallest absolute Gasteiger partial charge is 0.244 e. The molecular weight excluding hydrogens is 328 g/mol. The van der Waals surface area contributed by atoms with Gasteiger partial charge in [0.2, 0.25) is 18.6 Å². The molecule has 1 N–H and O–H groups in total. The zero-order valence-electron chi connectivity index (χ0n) is 13.7. The van der Waals surface area contributed by atoms with Crippen LogP contribution in [0.15, 0.2) is 18.2 Å². The van der Waals surface area contributed by atoms with E-state index in [1.807, 2.05) is 25.1 Å². The predicted octanol–water partition coefficient (Wildman–Crippen LogP) is 2.05. The van der Waals surface area contributed by atoms with E-state index in [4.69, 9.17) is 9.47 Å². The molecule has 0 bridgehead atoms. The van der Waals surface area contributed by atoms with Gasteiger partial charge in [-0.3, -0.25) is 9.59 Å². The van der Waals surface area contributed by atoms with Crippen molar-refractivity contribution >= 4 is 23.6 Å². The summed E-state index contributed by atoms with van der Waals surface area (Å²) in [7, 11) is 0. The van der Waals surface area contributed by atoms with Gasteiger partial charge in [0, 0.05) is 12.2 Å². The SMILES string of the molecule is CC(NC(=O)C1CSC2(C)CCC(=O)N12)c1ccc2c(c1)OCO2. The van der Waals surface area contributed by atoms with Crippen molar-refractivity contribution in [1.82, 2.24) is 10.2 Å². The highest BCUT2D eigenvalue weighted by Gasteiger charge is 2.52. The van der Waals surface area contributed by atoms with Crippen LogP contribution in [-0.2, 0) is 9.59 Å². The summed E-state index contributed by atoms with van der Waals surface area (Å²) < 4.78 is 10.7. The van der Waals surface area contributed by atoms with Gasteiger partial charge in [-0.25, -0.2) is 0 Å². The third-order valence-corrected chi connectivity index (χ3v) is 6.51. The zero-order chi connectivity index (χ0) is 16.9. The van der Waals surface area contributed by atoms with Crippen LogP contribution in [0.1, 0.15) is 38.3 Å². The van der Waals surface area contributed by atoms with Crippen LogP contribution in [0.2, 0.25) is 0 Å². The molecule has 128 valence electrons. The van der Waals surface area contributed by atoms with Gasteiger partial charge in [0.05, 0.1) is 10.9 Å². The second-order valence-electron chi connectivity index (χ2n) is 6.61. The fourth-order valence-corrected chi connectivity index (χ4v) is 5.02. The Morgan fingerprint density at radius 3 is 3.04 bits per heavy atom. The van der Waals surface area contributed by atoms with Gasteiger partial charge in [0.1, 0.15) is 6.04 Å². The molecule has 3 heterocycles. The summed E-state index contributed by atoms with van der Waals surface area (Å²) in [6.45, 7) is 4.22. The maximum atomic E-state index is 12.7. The van der Waals surface area contributed by atoms with Crippen LogP contribution in [0.3, 0.4) is 0 Å². The Hall–Kier alpha value is -1.89. The lowest BCUT2D eigenvalue weighted by molar-refractivity contribution is -0.138. The first-order valence-electron chi connectivity index (χ1n) is 8.14. The number of carbonyl (C=O) groups is 2. The van der Waals surface area contributed by atoms with Crippen molar-refractivity contribution in [3.63, 3.8) is 0 Å². The highest BCUT2D eigenvalue weighted by molar-refractivity contribution is 8.01. The third kappa shape index (κ3) is 2.42. The van der Waals surface area contributed by atoms with E-state index in [1.165, 1.54) is 0 Å². The van der Waals surface area contributed by atoms with Crippen molar-refractivity contribution in [2.45, 2.75) is 43.6 Å². The fourth-order valence-electron chi connectivity index (χ4n) is 3.59. The lowest BCUT2D eigenvalue weighted by Gasteiger charge is -2.30. The molecule has 3 aliphatic heterocycles. The lowest BCUT2D eigenvalue weighted by atomic mass is 10.1. The van der Waals surface area contributed by atoms with E-state index >= 15 is 0 Å². The summed E-state index contributed by atoms with van der Waals surface area (Å²) in [6.07, 6.45) is 1.35. The number of nitrogens with zero attached hydrogens (tertiary/aromatic N) is 1. The maximum absolute atomic E-state index is 12.7. The molecule has 7 heteroatoms. The number of amides is 2. The Balaban J connectivity index is 1.47. The second-order valence-corrected chi connectivity index (χ2v) is 8.11. The van der Waals surface area contributed by atoms with E-state index in [1.54, 1.807) is 16.7 Å². The highest BCUT2D eigenvalue weighted by Crippen LogP contribution is 2.47. The maximum Gasteiger partial charge on any atom is 0.244 e. The molecule has 1 aromatic rings. The summed E-state index contributed by atoms with van der Waals surface area (Å²) in [6, 6.07) is 5.12. The average molecular weight is 348 g/mol. The Bertz CT molecular complexity index is 710. The molecule has 0 saturated carbocycles. The molecule has 3 unspecified atom stereocenters. The minimum Gasteiger partial charge on any atom is -0.454 e. The quantitative estimate of drug-likeness (QED) is 0.905. The first kappa shape index (κ1) is 15.6. The Morgan fingerprint density at radius 1 is 1.42 bits per heavy atom. The predicted molar refractivity (Wildman–Crippen MR) is 89.9 cm³/mol. The third-order valence-electron chi connectivity index (χ3n) is 5.00. The minimum atomic E-state index is -0.383. The van der Waals surface area contributed by atoms with Gasteiger partial charge in [-0.15, -0.1) is 11.8 Å². The topological polar surface area (TPSA) is 67.9 Å². The number of hydrogen-bond donors (Lipinski definition) is 1. The molecular formula is C17H20N2O4S. The Morgan fingerprint density at radius 2 is 2.21 bits per heavy atom. The van der Waals surface area contributed by atoms with Gasteiger partial charge in [0.25, 0.3) is 0 Å². The molecule has 2 fully saturated rings. The van der Waals surface area contributed by atoms with Crippen LogP contribution in [-0.4, -0.2) is 40.2 Å². The van der Waals surface area contributed by atoms with Crippen molar-refractivity contribution in [2.24, 2.45) is 0 Å². The van der Waals surface area contributed by atoms with Gasteiger partial charge in [-0.2, -0.15) is 0 Å². The molecule has 0 aromatic heterocycles. The van der Waals surface area contributed by atoms with Crippen LogP contribution in [0, 0.1) is 0 Å². The van der Waals surface area contributed by atoms with Crippen molar-refractivity contribution in [3.05, 3.63) is 23.8 Å². The van der Waals surface area contributed by atoms with E-state index < -0.39 is 0 Å². The van der Waals surface area contributed by atoms with E-state index in [2.05, 4.69) is 12.2 Å². The number of benzene rings is 1. The van der Waals surface area contributed by atoms with E-state index in [-0.39, 0.29) is 35.6 Å². The van der Waals surface area contributed by atoms with Crippen molar-refractivity contribution in [3.8, 4) is 11.5 Å². The molecule has 0 spiro atoms. The van der Waals surface area contributed by atoms with Crippen LogP contribution in [0.4, 0.5) is 0 Å². The molecule has 0 aliphatic carbocycles. The molecule has 24 heavy (non-hydrogen) atoms. The summed E-state index contributed by atoms with van der Waals surface area (Å²) in [5, 5.41) is 3.04. The van der Waals surface area contributed by atoms with Crippen molar-refractivity contribution in [2.75, 3.05) is 12.5 Å². The number of ether oxygens (including phenoxy) is 2. The largest absolute Gasteiger partial charge is 0.454 e. The summed E-state index contributed by atoms with van der Waals surface area (Å²) >= 11 is 1.70. The average Bonchev–Trinajstić information content (AvgIpc) is 3.22. The molecule has 3 aliphatic rings. The summed E-state index contributed by atoms with van der Waals surface area (Å²) in [5.41, 5.74) is 0.953. The first-order chi connectivity index (χ1) is 11.5. The molecule has 0 radical (unpaired) electrons. The Labute approximate surface area is 144 Å². The van der Waals surface area contributed by atoms with Gasteiger partial charge in [-0.05, 0) is 38.0 Å². The monoisotopic (exact) mass is 348 g/mol. The number of carbonyl (C=O) groups excluding carboxylic acids is 2. The van der Waals surface area contributed by atoms with Crippen LogP contribution in [0.25, 0.3) is 0 Å². The normalized spacial score (nSPS) is 28.8. The van der Waals surface area contributed by atoms with Gasteiger partial charge in [-0.1, -0.05) is 6.07 Å². The van der Waals surface area contributed by atoms with Gasteiger partial charge in [0.15, 0.2) is 11.5 Å². The molecule has 2 saturated heterocycles. The standard InChI is InChI=1S/C17H20N2O4S/c1-10(11-3-4-13-14(7-11)23-9-22-13)18-16(21)12-8-24-17(2)6-5-15(20)19(12)17/h3-4,7,10,12H,5-6,8-9H2,1-2H3,(H,18,21). The van der Waals surface area contributed by atoms with E-state index in [0.717, 1.165) is 17.7 Å². The zero-order valence-corrected chi connectivity index (χ0v) is 14.5. The van der Waals surface area contributed by atoms with Crippen LogP contribution in [0.5, 0.6) is 11.5 Å². The summed E-state index contributed by atoms with van der Waals surface area (Å²) in [5.74, 6) is 2.07. The van der Waals surface area contributed by atoms with Crippen molar-refractivity contribution in [1.29, 1.82) is 0 Å². The van der Waals surface area contributed by atoms with Gasteiger partial charge < -0.3 is 19.7 Å². The second kappa shape index (κ2) is 5.58. The number of thioether (sulfide) groups is 1. The summed E-state index contributed by atoms with van der Waals surface area (Å²) in [4.78, 5) is 26.4. The number of hydrogen-bond acceptors (Lipinski definition) is 5. The minimum absolute atomic E-state index is 0.0818. The molecule has 3 atom stereocenters. The molecule has 4 rings (SSSR count). The first-order valence-corrected chi connectivity index (χ1v) is 9.12. The highest BCUT2D eigenvalue weighted by atomic mass is 32.2. The number of nitrogens with one attached hydrogen (secondary N) is 1. The lowest BCUT2D eigenvalue weighted by Crippen LogP contribution is -2.50. The molecule has 2 amide bonds. The van der Waals surface area contributed by atoms with Gasteiger partial charge >= 0.3 is 0 Å². The van der Waals surface area contributed by atoms with Crippen molar-refractivity contribution < 1.29 is 19.1 Å². The molecule has 1 aromatic carbocycles. The fraction of sp³-hybridized carbons (Fsp3) is 0.529.